The Bertz CT molecular complexity index is 1570. The van der Waals surface area contributed by atoms with Gasteiger partial charge in [-0.25, -0.2) is 4.79 Å². The smallest absolute Gasteiger partial charge is 0.416 e. The number of hydrogen-bond donors (Lipinski definition) is 2. The second kappa shape index (κ2) is 11.3. The average Bonchev–Trinajstić information content (AvgIpc) is 3.31. The van der Waals surface area contributed by atoms with Crippen LogP contribution in [0.25, 0.3) is 11.1 Å². The SMILES string of the molecule is O=C(Cc1ccc(OCc2ccc(C(F)(F)F)cc2)cc1)NC1(C(=O)O)Cc2ccc(-c3ccc(Cl)cc3)cc2C1. The number of carbonyl (C=O) groups excluding carboxylic acids is 1. The zero-order chi connectivity index (χ0) is 29.2. The van der Waals surface area contributed by atoms with Gasteiger partial charge in [0.15, 0.2) is 0 Å². The minimum atomic E-state index is -4.39. The number of benzene rings is 4. The molecular formula is C32H25ClF3NO4. The molecule has 0 aliphatic heterocycles. The van der Waals surface area contributed by atoms with Crippen LogP contribution in [0, 0.1) is 0 Å². The fraction of sp³-hybridized carbons (Fsp3) is 0.188. The first kappa shape index (κ1) is 28.2. The molecule has 0 heterocycles. The van der Waals surface area contributed by atoms with Gasteiger partial charge in [0.2, 0.25) is 5.91 Å². The van der Waals surface area contributed by atoms with Gasteiger partial charge in [-0.15, -0.1) is 0 Å². The molecule has 9 heteroatoms. The normalized spacial score (nSPS) is 16.2. The minimum Gasteiger partial charge on any atom is -0.489 e. The highest BCUT2D eigenvalue weighted by molar-refractivity contribution is 6.30. The van der Waals surface area contributed by atoms with E-state index in [0.29, 0.717) is 21.9 Å². The molecule has 210 valence electrons. The van der Waals surface area contributed by atoms with Crippen LogP contribution >= 0.6 is 11.6 Å². The van der Waals surface area contributed by atoms with E-state index in [1.165, 1.54) is 12.1 Å². The van der Waals surface area contributed by atoms with Crippen molar-refractivity contribution in [1.82, 2.24) is 5.32 Å². The number of carbonyl (C=O) groups is 2. The van der Waals surface area contributed by atoms with Gasteiger partial charge < -0.3 is 15.2 Å². The minimum absolute atomic E-state index is 0.0272. The number of ether oxygens (including phenoxy) is 1. The van der Waals surface area contributed by atoms with Crippen molar-refractivity contribution >= 4 is 23.5 Å². The van der Waals surface area contributed by atoms with Crippen molar-refractivity contribution in [2.45, 2.75) is 37.6 Å². The Kier molecular flexibility index (Phi) is 7.78. The van der Waals surface area contributed by atoms with Gasteiger partial charge in [-0.2, -0.15) is 13.2 Å². The van der Waals surface area contributed by atoms with Crippen LogP contribution in [0.4, 0.5) is 13.2 Å². The molecule has 0 saturated heterocycles. The van der Waals surface area contributed by atoms with Crippen LogP contribution in [-0.2, 0) is 41.6 Å². The molecule has 1 aliphatic rings. The molecule has 1 amide bonds. The molecule has 2 N–H and O–H groups in total. The number of hydrogen-bond acceptors (Lipinski definition) is 3. The highest BCUT2D eigenvalue weighted by Gasteiger charge is 2.45. The summed E-state index contributed by atoms with van der Waals surface area (Å²) in [5.74, 6) is -1.03. The molecule has 4 aromatic rings. The van der Waals surface area contributed by atoms with Crippen molar-refractivity contribution in [2.24, 2.45) is 0 Å². The first-order valence-corrected chi connectivity index (χ1v) is 13.2. The summed E-state index contributed by atoms with van der Waals surface area (Å²) in [5, 5.41) is 13.5. The number of carboxylic acid groups (broad SMARTS) is 1. The summed E-state index contributed by atoms with van der Waals surface area (Å²) in [6.45, 7) is 0.0827. The highest BCUT2D eigenvalue weighted by Crippen LogP contribution is 2.34. The predicted molar refractivity (Wildman–Crippen MR) is 149 cm³/mol. The highest BCUT2D eigenvalue weighted by atomic mass is 35.5. The molecule has 0 radical (unpaired) electrons. The van der Waals surface area contributed by atoms with Crippen molar-refractivity contribution in [2.75, 3.05) is 0 Å². The maximum Gasteiger partial charge on any atom is 0.416 e. The van der Waals surface area contributed by atoms with Gasteiger partial charge in [-0.05, 0) is 69.8 Å². The third-order valence-corrected chi connectivity index (χ3v) is 7.38. The van der Waals surface area contributed by atoms with E-state index in [-0.39, 0.29) is 25.9 Å². The number of rotatable bonds is 8. The summed E-state index contributed by atoms with van der Waals surface area (Å²) in [6.07, 6.45) is -4.07. The second-order valence-corrected chi connectivity index (χ2v) is 10.5. The van der Waals surface area contributed by atoms with Crippen LogP contribution in [0.15, 0.2) is 91.0 Å². The lowest BCUT2D eigenvalue weighted by atomic mass is 9.95. The van der Waals surface area contributed by atoms with Gasteiger partial charge in [0.1, 0.15) is 17.9 Å². The van der Waals surface area contributed by atoms with Crippen molar-refractivity contribution in [1.29, 1.82) is 0 Å². The number of halogens is 4. The number of amides is 1. The fourth-order valence-corrected chi connectivity index (χ4v) is 5.07. The lowest BCUT2D eigenvalue weighted by Crippen LogP contribution is -2.55. The lowest BCUT2D eigenvalue weighted by Gasteiger charge is -2.25. The van der Waals surface area contributed by atoms with Gasteiger partial charge in [-0.3, -0.25) is 4.79 Å². The molecular weight excluding hydrogens is 555 g/mol. The monoisotopic (exact) mass is 579 g/mol. The predicted octanol–water partition coefficient (Wildman–Crippen LogP) is 6.89. The summed E-state index contributed by atoms with van der Waals surface area (Å²) in [6, 6.07) is 24.6. The van der Waals surface area contributed by atoms with Crippen molar-refractivity contribution in [3.05, 3.63) is 124 Å². The number of nitrogens with one attached hydrogen (secondary N) is 1. The van der Waals surface area contributed by atoms with E-state index >= 15 is 0 Å². The molecule has 1 unspecified atom stereocenters. The first-order valence-electron chi connectivity index (χ1n) is 12.8. The Morgan fingerprint density at radius 2 is 1.44 bits per heavy atom. The quantitative estimate of drug-likeness (QED) is 0.238. The third-order valence-electron chi connectivity index (χ3n) is 7.13. The summed E-state index contributed by atoms with van der Waals surface area (Å²) in [7, 11) is 0. The first-order chi connectivity index (χ1) is 19.5. The molecule has 1 atom stereocenters. The molecule has 0 aromatic heterocycles. The maximum atomic E-state index is 12.9. The van der Waals surface area contributed by atoms with Crippen LogP contribution < -0.4 is 10.1 Å². The Labute approximate surface area is 239 Å². The summed E-state index contributed by atoms with van der Waals surface area (Å²) < 4.78 is 43.8. The zero-order valence-corrected chi connectivity index (χ0v) is 22.4. The third kappa shape index (κ3) is 6.55. The number of carboxylic acids is 1. The summed E-state index contributed by atoms with van der Waals surface area (Å²) in [4.78, 5) is 25.3. The van der Waals surface area contributed by atoms with Crippen molar-refractivity contribution in [3.63, 3.8) is 0 Å². The molecule has 5 nitrogen and oxygen atoms in total. The van der Waals surface area contributed by atoms with Crippen molar-refractivity contribution < 1.29 is 32.6 Å². The average molecular weight is 580 g/mol. The van der Waals surface area contributed by atoms with Crippen LogP contribution in [-0.4, -0.2) is 22.5 Å². The zero-order valence-electron chi connectivity index (χ0n) is 21.7. The number of alkyl halides is 3. The molecule has 1 aliphatic carbocycles. The van der Waals surface area contributed by atoms with E-state index in [4.69, 9.17) is 16.3 Å². The van der Waals surface area contributed by atoms with E-state index in [2.05, 4.69) is 5.32 Å². The largest absolute Gasteiger partial charge is 0.489 e. The Hall–Kier alpha value is -4.30. The fourth-order valence-electron chi connectivity index (χ4n) is 4.95. The van der Waals surface area contributed by atoms with Gasteiger partial charge in [0.25, 0.3) is 0 Å². The lowest BCUT2D eigenvalue weighted by molar-refractivity contribution is -0.147. The van der Waals surface area contributed by atoms with E-state index in [1.807, 2.05) is 30.3 Å². The van der Waals surface area contributed by atoms with Crippen LogP contribution in [0.1, 0.15) is 27.8 Å². The topological polar surface area (TPSA) is 75.6 Å². The van der Waals surface area contributed by atoms with E-state index in [0.717, 1.165) is 34.4 Å². The van der Waals surface area contributed by atoms with Crippen molar-refractivity contribution in [3.8, 4) is 16.9 Å². The molecule has 0 bridgehead atoms. The van der Waals surface area contributed by atoms with E-state index < -0.39 is 29.2 Å². The molecule has 0 spiro atoms. The van der Waals surface area contributed by atoms with E-state index in [1.54, 1.807) is 36.4 Å². The summed E-state index contributed by atoms with van der Waals surface area (Å²) in [5.41, 5.74) is 2.72. The van der Waals surface area contributed by atoms with Gasteiger partial charge in [0.05, 0.1) is 12.0 Å². The van der Waals surface area contributed by atoms with Crippen LogP contribution in [0.5, 0.6) is 5.75 Å². The Balaban J connectivity index is 1.19. The van der Waals surface area contributed by atoms with Crippen LogP contribution in [0.3, 0.4) is 0 Å². The van der Waals surface area contributed by atoms with Crippen LogP contribution in [0.2, 0.25) is 5.02 Å². The standard InChI is InChI=1S/C32H25ClF3NO4/c33-27-11-7-22(8-12-27)23-5-6-24-17-31(30(39)40,18-25(24)16-23)37-29(38)15-20-3-13-28(14-4-20)41-19-21-1-9-26(10-2-21)32(34,35)36/h1-14,16H,15,17-19H2,(H,37,38)(H,39,40). The number of aliphatic carboxylic acids is 1. The van der Waals surface area contributed by atoms with E-state index in [9.17, 15) is 27.9 Å². The second-order valence-electron chi connectivity index (χ2n) is 10.1. The molecule has 0 fully saturated rings. The maximum absolute atomic E-state index is 12.9. The van der Waals surface area contributed by atoms with Gasteiger partial charge >= 0.3 is 12.1 Å². The Morgan fingerprint density at radius 1 is 0.829 bits per heavy atom. The molecule has 4 aromatic carbocycles. The number of fused-ring (bicyclic) bond motifs is 1. The van der Waals surface area contributed by atoms with Gasteiger partial charge in [0, 0.05) is 17.9 Å². The molecule has 41 heavy (non-hydrogen) atoms. The molecule has 5 rings (SSSR count). The van der Waals surface area contributed by atoms with Gasteiger partial charge in [-0.1, -0.05) is 66.2 Å². The Morgan fingerprint density at radius 3 is 2.07 bits per heavy atom. The summed E-state index contributed by atoms with van der Waals surface area (Å²) >= 11 is 5.99. The molecule has 0 saturated carbocycles.